The highest BCUT2D eigenvalue weighted by atomic mass is 16.4. The first-order chi connectivity index (χ1) is 11.5. The van der Waals surface area contributed by atoms with Crippen molar-refractivity contribution >= 4 is 11.8 Å². The molecule has 0 aromatic heterocycles. The fourth-order valence-electron chi connectivity index (χ4n) is 3.16. The minimum absolute atomic E-state index is 0.265. The van der Waals surface area contributed by atoms with Gasteiger partial charge in [-0.2, -0.15) is 5.01 Å². The Labute approximate surface area is 142 Å². The maximum atomic E-state index is 11.1. The van der Waals surface area contributed by atoms with Crippen LogP contribution in [0.4, 0.5) is 10.5 Å². The van der Waals surface area contributed by atoms with E-state index in [-0.39, 0.29) is 6.17 Å². The highest BCUT2D eigenvalue weighted by Gasteiger charge is 2.29. The van der Waals surface area contributed by atoms with Gasteiger partial charge in [0.15, 0.2) is 0 Å². The molecule has 0 saturated heterocycles. The van der Waals surface area contributed by atoms with Crippen molar-refractivity contribution in [2.75, 3.05) is 5.43 Å². The zero-order chi connectivity index (χ0) is 17.1. The predicted molar refractivity (Wildman–Crippen MR) is 95.4 cm³/mol. The minimum Gasteiger partial charge on any atom is -0.465 e. The molecule has 3 rings (SSSR count). The second kappa shape index (κ2) is 6.93. The molecule has 24 heavy (non-hydrogen) atoms. The smallest absolute Gasteiger partial charge is 0.405 e. The summed E-state index contributed by atoms with van der Waals surface area (Å²) < 4.78 is 0. The summed E-state index contributed by atoms with van der Waals surface area (Å²) in [6.07, 6.45) is -0.520. The Morgan fingerprint density at radius 1 is 1.21 bits per heavy atom. The van der Waals surface area contributed by atoms with Crippen LogP contribution in [0.15, 0.2) is 48.5 Å². The Kier molecular flexibility index (Phi) is 4.71. The van der Waals surface area contributed by atoms with Gasteiger partial charge in [-0.3, -0.25) is 0 Å². The molecule has 0 fully saturated rings. The number of rotatable bonds is 5. The highest BCUT2D eigenvalue weighted by Crippen LogP contribution is 2.35. The molecular weight excluding hydrogens is 302 g/mol. The average Bonchev–Trinajstić information content (AvgIpc) is 2.98. The van der Waals surface area contributed by atoms with Gasteiger partial charge in [-0.05, 0) is 29.5 Å². The Bertz CT molecular complexity index is 716. The number of nitrogens with one attached hydrogen (secondary N) is 2. The van der Waals surface area contributed by atoms with Crippen LogP contribution in [0.25, 0.3) is 11.1 Å². The molecule has 0 aliphatic carbocycles. The van der Waals surface area contributed by atoms with Gasteiger partial charge >= 0.3 is 6.09 Å². The molecule has 2 aromatic carbocycles. The zero-order valence-electron chi connectivity index (χ0n) is 14.0. The molecule has 2 aromatic rings. The van der Waals surface area contributed by atoms with Crippen LogP contribution < -0.4 is 10.7 Å². The summed E-state index contributed by atoms with van der Waals surface area (Å²) in [5.41, 5.74) is 7.95. The second-order valence-electron chi connectivity index (χ2n) is 6.53. The predicted octanol–water partition coefficient (Wildman–Crippen LogP) is 4.14. The number of anilines is 1. The van der Waals surface area contributed by atoms with Gasteiger partial charge in [0.05, 0.1) is 5.69 Å². The molecule has 126 valence electrons. The average molecular weight is 325 g/mol. The summed E-state index contributed by atoms with van der Waals surface area (Å²) in [6.45, 7) is 4.85. The van der Waals surface area contributed by atoms with E-state index in [1.54, 1.807) is 0 Å². The van der Waals surface area contributed by atoms with Gasteiger partial charge in [-0.25, -0.2) is 4.79 Å². The molecule has 0 bridgehead atoms. The van der Waals surface area contributed by atoms with E-state index in [1.165, 1.54) is 16.7 Å². The second-order valence-corrected chi connectivity index (χ2v) is 6.53. The summed E-state index contributed by atoms with van der Waals surface area (Å²) in [5, 5.41) is 13.7. The molecule has 0 spiro atoms. The molecule has 5 heteroatoms. The molecule has 1 heterocycles. The van der Waals surface area contributed by atoms with E-state index in [2.05, 4.69) is 42.8 Å². The van der Waals surface area contributed by atoms with Crippen LogP contribution in [0.3, 0.4) is 0 Å². The fourth-order valence-corrected chi connectivity index (χ4v) is 3.16. The third-order valence-corrected chi connectivity index (χ3v) is 4.21. The Morgan fingerprint density at radius 2 is 1.96 bits per heavy atom. The molecule has 1 atom stereocenters. The maximum absolute atomic E-state index is 11.1. The SMILES string of the molecule is CC(C)C[C@H](NC(=O)O)N1Cc2c(cccc2-c2ccccc2)N1. The van der Waals surface area contributed by atoms with E-state index in [4.69, 9.17) is 5.11 Å². The summed E-state index contributed by atoms with van der Waals surface area (Å²) in [6, 6.07) is 16.4. The lowest BCUT2D eigenvalue weighted by atomic mass is 9.99. The normalized spacial score (nSPS) is 15.0. The molecule has 0 unspecified atom stereocenters. The molecule has 5 nitrogen and oxygen atoms in total. The van der Waals surface area contributed by atoms with Gasteiger partial charge in [0.1, 0.15) is 6.17 Å². The van der Waals surface area contributed by atoms with E-state index in [0.717, 1.165) is 12.1 Å². The lowest BCUT2D eigenvalue weighted by Crippen LogP contribution is -2.48. The van der Waals surface area contributed by atoms with Gasteiger partial charge in [0, 0.05) is 12.1 Å². The van der Waals surface area contributed by atoms with Gasteiger partial charge in [0.2, 0.25) is 0 Å². The summed E-state index contributed by atoms with van der Waals surface area (Å²) in [7, 11) is 0. The Balaban J connectivity index is 1.87. The standard InChI is InChI=1S/C19H23N3O2/c1-13(2)11-18(20-19(23)24)22-12-16-15(9-6-10-17(16)21-22)14-7-4-3-5-8-14/h3-10,13,18,20-21H,11-12H2,1-2H3,(H,23,24)/t18-/m1/s1. The van der Waals surface area contributed by atoms with Crippen molar-refractivity contribution in [2.45, 2.75) is 33.0 Å². The van der Waals surface area contributed by atoms with Crippen molar-refractivity contribution in [1.29, 1.82) is 0 Å². The van der Waals surface area contributed by atoms with Crippen LogP contribution in [0, 0.1) is 5.92 Å². The highest BCUT2D eigenvalue weighted by molar-refractivity contribution is 5.75. The van der Waals surface area contributed by atoms with Gasteiger partial charge < -0.3 is 15.8 Å². The molecule has 1 aliphatic rings. The summed E-state index contributed by atoms with van der Waals surface area (Å²) in [5.74, 6) is 0.390. The van der Waals surface area contributed by atoms with Crippen molar-refractivity contribution in [2.24, 2.45) is 5.92 Å². The third-order valence-electron chi connectivity index (χ3n) is 4.21. The number of hydrazine groups is 1. The van der Waals surface area contributed by atoms with Gasteiger partial charge in [-0.15, -0.1) is 0 Å². The number of carbonyl (C=O) groups is 1. The van der Waals surface area contributed by atoms with Gasteiger partial charge in [-0.1, -0.05) is 56.3 Å². The molecular formula is C19H23N3O2. The topological polar surface area (TPSA) is 64.6 Å². The number of hydrogen-bond acceptors (Lipinski definition) is 3. The van der Waals surface area contributed by atoms with E-state index >= 15 is 0 Å². The zero-order valence-corrected chi connectivity index (χ0v) is 14.0. The minimum atomic E-state index is -0.998. The van der Waals surface area contributed by atoms with E-state index in [1.807, 2.05) is 35.3 Å². The van der Waals surface area contributed by atoms with Crippen LogP contribution in [0.5, 0.6) is 0 Å². The summed E-state index contributed by atoms with van der Waals surface area (Å²) in [4.78, 5) is 11.1. The quantitative estimate of drug-likeness (QED) is 0.773. The first-order valence-corrected chi connectivity index (χ1v) is 8.24. The van der Waals surface area contributed by atoms with Crippen LogP contribution in [-0.2, 0) is 6.54 Å². The number of hydrogen-bond donors (Lipinski definition) is 3. The van der Waals surface area contributed by atoms with Crippen LogP contribution >= 0.6 is 0 Å². The first-order valence-electron chi connectivity index (χ1n) is 8.24. The summed E-state index contributed by atoms with van der Waals surface area (Å²) >= 11 is 0. The van der Waals surface area contributed by atoms with Crippen molar-refractivity contribution in [1.82, 2.24) is 10.3 Å². The maximum Gasteiger partial charge on any atom is 0.405 e. The Morgan fingerprint density at radius 3 is 2.62 bits per heavy atom. The van der Waals surface area contributed by atoms with Crippen LogP contribution in [0.1, 0.15) is 25.8 Å². The van der Waals surface area contributed by atoms with Crippen molar-refractivity contribution in [3.63, 3.8) is 0 Å². The lowest BCUT2D eigenvalue weighted by Gasteiger charge is -2.28. The number of nitrogens with zero attached hydrogens (tertiary/aromatic N) is 1. The van der Waals surface area contributed by atoms with E-state index < -0.39 is 6.09 Å². The molecule has 1 amide bonds. The molecule has 0 saturated carbocycles. The fraction of sp³-hybridized carbons (Fsp3) is 0.316. The van der Waals surface area contributed by atoms with E-state index in [0.29, 0.717) is 12.5 Å². The molecule has 3 N–H and O–H groups in total. The van der Waals surface area contributed by atoms with Crippen molar-refractivity contribution in [3.8, 4) is 11.1 Å². The first kappa shape index (κ1) is 16.3. The monoisotopic (exact) mass is 325 g/mol. The third kappa shape index (κ3) is 3.51. The Hall–Kier alpha value is -2.53. The largest absolute Gasteiger partial charge is 0.465 e. The number of amides is 1. The molecule has 0 radical (unpaired) electrons. The molecule has 1 aliphatic heterocycles. The number of fused-ring (bicyclic) bond motifs is 1. The van der Waals surface area contributed by atoms with Crippen LogP contribution in [0.2, 0.25) is 0 Å². The van der Waals surface area contributed by atoms with Crippen molar-refractivity contribution < 1.29 is 9.90 Å². The van der Waals surface area contributed by atoms with Gasteiger partial charge in [0.25, 0.3) is 0 Å². The lowest BCUT2D eigenvalue weighted by molar-refractivity contribution is 0.147. The number of carboxylic acid groups (broad SMARTS) is 1. The van der Waals surface area contributed by atoms with Crippen LogP contribution in [-0.4, -0.2) is 22.4 Å². The van der Waals surface area contributed by atoms with Crippen molar-refractivity contribution in [3.05, 3.63) is 54.1 Å². The number of benzene rings is 2. The van der Waals surface area contributed by atoms with E-state index in [9.17, 15) is 4.79 Å².